The van der Waals surface area contributed by atoms with E-state index in [1.807, 2.05) is 0 Å². The average Bonchev–Trinajstić information content (AvgIpc) is 2.69. The van der Waals surface area contributed by atoms with E-state index in [9.17, 15) is 8.42 Å². The molecule has 0 aliphatic carbocycles. The Kier molecular flexibility index (Phi) is 2.61. The Morgan fingerprint density at radius 3 is 2.75 bits per heavy atom. The molecule has 7 heteroatoms. The van der Waals surface area contributed by atoms with Crippen molar-refractivity contribution in [3.8, 4) is 5.82 Å². The summed E-state index contributed by atoms with van der Waals surface area (Å²) in [5, 5.41) is 4.00. The van der Waals surface area contributed by atoms with Gasteiger partial charge in [-0.25, -0.2) is 18.1 Å². The summed E-state index contributed by atoms with van der Waals surface area (Å²) >= 11 is 0. The molecule has 6 nitrogen and oxygen atoms in total. The fraction of sp³-hybridized carbons (Fsp3) is 0.111. The fourth-order valence-corrected chi connectivity index (χ4v) is 1.81. The lowest BCUT2D eigenvalue weighted by atomic mass is 10.4. The maximum absolute atomic E-state index is 11.2. The first-order chi connectivity index (χ1) is 7.56. The second kappa shape index (κ2) is 3.93. The minimum atomic E-state index is -3.32. The van der Waals surface area contributed by atoms with Crippen molar-refractivity contribution in [2.24, 2.45) is 0 Å². The van der Waals surface area contributed by atoms with Crippen molar-refractivity contribution in [1.82, 2.24) is 14.8 Å². The smallest absolute Gasteiger partial charge is 0.229 e. The molecule has 1 N–H and O–H groups in total. The highest BCUT2D eigenvalue weighted by molar-refractivity contribution is 7.92. The molecule has 2 rings (SSSR count). The van der Waals surface area contributed by atoms with Crippen LogP contribution in [0.4, 0.5) is 5.69 Å². The van der Waals surface area contributed by atoms with Crippen LogP contribution in [-0.4, -0.2) is 29.4 Å². The van der Waals surface area contributed by atoms with Crippen LogP contribution in [0.5, 0.6) is 0 Å². The maximum Gasteiger partial charge on any atom is 0.229 e. The lowest BCUT2D eigenvalue weighted by Gasteiger charge is -2.08. The van der Waals surface area contributed by atoms with E-state index in [1.165, 1.54) is 4.68 Å². The lowest BCUT2D eigenvalue weighted by Crippen LogP contribution is -2.13. The van der Waals surface area contributed by atoms with Gasteiger partial charge < -0.3 is 0 Å². The molecule has 0 aliphatic rings. The van der Waals surface area contributed by atoms with Gasteiger partial charge in [0.2, 0.25) is 10.0 Å². The number of hydrogen-bond acceptors (Lipinski definition) is 4. The van der Waals surface area contributed by atoms with Gasteiger partial charge in [-0.1, -0.05) is 0 Å². The molecule has 16 heavy (non-hydrogen) atoms. The monoisotopic (exact) mass is 238 g/mol. The summed E-state index contributed by atoms with van der Waals surface area (Å²) in [5.74, 6) is 0.443. The Hall–Kier alpha value is -1.89. The zero-order valence-electron chi connectivity index (χ0n) is 8.53. The molecule has 84 valence electrons. The Balaban J connectivity index is 2.47. The molecule has 2 aromatic heterocycles. The van der Waals surface area contributed by atoms with Crippen LogP contribution in [0.25, 0.3) is 5.82 Å². The number of nitrogens with one attached hydrogen (secondary N) is 1. The van der Waals surface area contributed by atoms with Crippen LogP contribution >= 0.6 is 0 Å². The van der Waals surface area contributed by atoms with Crippen molar-refractivity contribution >= 4 is 15.7 Å². The van der Waals surface area contributed by atoms with E-state index >= 15 is 0 Å². The predicted molar refractivity (Wildman–Crippen MR) is 59.8 cm³/mol. The molecule has 0 fully saturated rings. The van der Waals surface area contributed by atoms with Crippen molar-refractivity contribution in [3.05, 3.63) is 36.8 Å². The number of rotatable bonds is 3. The molecule has 0 saturated carbocycles. The molecule has 0 unspecified atom stereocenters. The minimum Gasteiger partial charge on any atom is -0.280 e. The number of pyridine rings is 1. The molecule has 0 amide bonds. The van der Waals surface area contributed by atoms with Gasteiger partial charge in [0, 0.05) is 18.6 Å². The molecule has 0 radical (unpaired) electrons. The van der Waals surface area contributed by atoms with Crippen LogP contribution in [-0.2, 0) is 10.0 Å². The first-order valence-electron chi connectivity index (χ1n) is 4.49. The third-order valence-corrected chi connectivity index (χ3v) is 2.39. The summed E-state index contributed by atoms with van der Waals surface area (Å²) in [5.41, 5.74) is 0.397. The average molecular weight is 238 g/mol. The third kappa shape index (κ3) is 2.37. The fourth-order valence-electron chi connectivity index (χ4n) is 1.25. The zero-order chi connectivity index (χ0) is 11.6. The highest BCUT2D eigenvalue weighted by Crippen LogP contribution is 2.16. The SMILES string of the molecule is CS(=O)(=O)Nc1cccnc1-n1cccn1. The Bertz CT molecular complexity index is 577. The summed E-state index contributed by atoms with van der Waals surface area (Å²) in [6.45, 7) is 0. The van der Waals surface area contributed by atoms with Gasteiger partial charge in [-0.05, 0) is 18.2 Å². The van der Waals surface area contributed by atoms with Gasteiger partial charge in [0.05, 0.1) is 11.9 Å². The van der Waals surface area contributed by atoms with Crippen molar-refractivity contribution < 1.29 is 8.42 Å². The minimum absolute atomic E-state index is 0.397. The van der Waals surface area contributed by atoms with Gasteiger partial charge in [0.1, 0.15) is 0 Å². The van der Waals surface area contributed by atoms with Gasteiger partial charge in [0.15, 0.2) is 5.82 Å². The zero-order valence-corrected chi connectivity index (χ0v) is 9.35. The first kappa shape index (κ1) is 10.6. The van der Waals surface area contributed by atoms with Gasteiger partial charge in [-0.2, -0.15) is 5.10 Å². The van der Waals surface area contributed by atoms with E-state index in [4.69, 9.17) is 0 Å². The van der Waals surface area contributed by atoms with E-state index in [2.05, 4.69) is 14.8 Å². The normalized spacial score (nSPS) is 11.3. The van der Waals surface area contributed by atoms with Crippen LogP contribution in [0.3, 0.4) is 0 Å². The highest BCUT2D eigenvalue weighted by atomic mass is 32.2. The lowest BCUT2D eigenvalue weighted by molar-refractivity contribution is 0.606. The molecule has 0 saturated heterocycles. The van der Waals surface area contributed by atoms with Gasteiger partial charge in [-0.3, -0.25) is 4.72 Å². The predicted octanol–water partition coefficient (Wildman–Crippen LogP) is 0.639. The summed E-state index contributed by atoms with van der Waals surface area (Å²) in [6, 6.07) is 5.02. The standard InChI is InChI=1S/C9H10N4O2S/c1-16(14,15)12-8-4-2-5-10-9(8)13-7-3-6-11-13/h2-7,12H,1H3. The summed E-state index contributed by atoms with van der Waals surface area (Å²) < 4.78 is 26.2. The van der Waals surface area contributed by atoms with E-state index in [0.29, 0.717) is 11.5 Å². The molecule has 0 aromatic carbocycles. The molecule has 0 aliphatic heterocycles. The maximum atomic E-state index is 11.2. The van der Waals surface area contributed by atoms with E-state index in [1.54, 1.807) is 36.8 Å². The molecule has 0 atom stereocenters. The van der Waals surface area contributed by atoms with Gasteiger partial charge in [0.25, 0.3) is 0 Å². The molecule has 2 heterocycles. The number of hydrogen-bond donors (Lipinski definition) is 1. The van der Waals surface area contributed by atoms with Gasteiger partial charge in [-0.15, -0.1) is 0 Å². The largest absolute Gasteiger partial charge is 0.280 e. The Morgan fingerprint density at radius 1 is 1.31 bits per heavy atom. The quantitative estimate of drug-likeness (QED) is 0.851. The molecule has 0 bridgehead atoms. The second-order valence-corrected chi connectivity index (χ2v) is 4.95. The van der Waals surface area contributed by atoms with E-state index in [0.717, 1.165) is 6.26 Å². The van der Waals surface area contributed by atoms with Crippen LogP contribution in [0, 0.1) is 0 Å². The van der Waals surface area contributed by atoms with Crippen LogP contribution in [0.15, 0.2) is 36.8 Å². The third-order valence-electron chi connectivity index (χ3n) is 1.80. The van der Waals surface area contributed by atoms with Crippen LogP contribution in [0.1, 0.15) is 0 Å². The Labute approximate surface area is 93.0 Å². The molecule has 2 aromatic rings. The van der Waals surface area contributed by atoms with Crippen molar-refractivity contribution in [1.29, 1.82) is 0 Å². The van der Waals surface area contributed by atoms with Crippen LogP contribution < -0.4 is 4.72 Å². The first-order valence-corrected chi connectivity index (χ1v) is 6.38. The highest BCUT2D eigenvalue weighted by Gasteiger charge is 2.09. The van der Waals surface area contributed by atoms with Crippen LogP contribution in [0.2, 0.25) is 0 Å². The van der Waals surface area contributed by atoms with Crippen molar-refractivity contribution in [3.63, 3.8) is 0 Å². The topological polar surface area (TPSA) is 76.9 Å². The summed E-state index contributed by atoms with van der Waals surface area (Å²) in [6.07, 6.45) is 5.95. The molecule has 0 spiro atoms. The van der Waals surface area contributed by atoms with E-state index < -0.39 is 10.0 Å². The van der Waals surface area contributed by atoms with Crippen molar-refractivity contribution in [2.75, 3.05) is 11.0 Å². The number of anilines is 1. The Morgan fingerprint density at radius 2 is 2.12 bits per heavy atom. The number of nitrogens with zero attached hydrogens (tertiary/aromatic N) is 3. The molecular weight excluding hydrogens is 228 g/mol. The number of sulfonamides is 1. The molecular formula is C9H10N4O2S. The second-order valence-electron chi connectivity index (χ2n) is 3.20. The number of aromatic nitrogens is 3. The summed E-state index contributed by atoms with van der Waals surface area (Å²) in [4.78, 5) is 4.08. The summed E-state index contributed by atoms with van der Waals surface area (Å²) in [7, 11) is -3.32. The van der Waals surface area contributed by atoms with Gasteiger partial charge >= 0.3 is 0 Å². The van der Waals surface area contributed by atoms with E-state index in [-0.39, 0.29) is 0 Å². The van der Waals surface area contributed by atoms with Crippen molar-refractivity contribution in [2.45, 2.75) is 0 Å².